The van der Waals surface area contributed by atoms with Gasteiger partial charge in [-0.25, -0.2) is 0 Å². The molecule has 4 aliphatic rings. The minimum absolute atomic E-state index is 0.00775. The first-order valence-electron chi connectivity index (χ1n) is 7.61. The van der Waals surface area contributed by atoms with Crippen LogP contribution in [0.1, 0.15) is 46.0 Å². The number of hydrogen-bond donors (Lipinski definition) is 1. The highest BCUT2D eigenvalue weighted by atomic mass is 16.7. The van der Waals surface area contributed by atoms with Crippen molar-refractivity contribution >= 4 is 5.78 Å². The number of fused-ring (bicyclic) bond motifs is 1. The number of rotatable bonds is 0. The Hall–Kier alpha value is -0.870. The van der Waals surface area contributed by atoms with E-state index < -0.39 is 5.79 Å². The van der Waals surface area contributed by atoms with Gasteiger partial charge in [0.25, 0.3) is 0 Å². The standard InChI is InChI=1S/C16H22O4/c1-13-5-6-16(19-7-8-20-16)14(2)10-15(13,14)4-3-11(9-17)12(13)18/h9,17H,3-8,10H2,1-2H3/b11-9+/t13-,14?,15+/m1/s1. The van der Waals surface area contributed by atoms with E-state index in [4.69, 9.17) is 9.47 Å². The summed E-state index contributed by atoms with van der Waals surface area (Å²) in [4.78, 5) is 12.8. The van der Waals surface area contributed by atoms with E-state index in [0.717, 1.165) is 31.9 Å². The van der Waals surface area contributed by atoms with Crippen LogP contribution in [0.25, 0.3) is 0 Å². The molecule has 0 aromatic carbocycles. The van der Waals surface area contributed by atoms with Gasteiger partial charge in [-0.1, -0.05) is 13.8 Å². The molecule has 0 aromatic heterocycles. The molecule has 0 amide bonds. The van der Waals surface area contributed by atoms with E-state index >= 15 is 0 Å². The van der Waals surface area contributed by atoms with Crippen molar-refractivity contribution < 1.29 is 19.4 Å². The maximum Gasteiger partial charge on any atom is 0.174 e. The molecule has 2 spiro atoms. The fourth-order valence-electron chi connectivity index (χ4n) is 5.62. The summed E-state index contributed by atoms with van der Waals surface area (Å²) < 4.78 is 12.0. The van der Waals surface area contributed by atoms with Crippen molar-refractivity contribution in [3.05, 3.63) is 11.8 Å². The highest BCUT2D eigenvalue weighted by Gasteiger charge is 2.84. The lowest BCUT2D eigenvalue weighted by atomic mass is 9.53. The first kappa shape index (κ1) is 12.8. The molecule has 4 heteroatoms. The average molecular weight is 278 g/mol. The molecule has 1 aliphatic heterocycles. The third kappa shape index (κ3) is 1.08. The number of allylic oxidation sites excluding steroid dienone is 1. The largest absolute Gasteiger partial charge is 0.515 e. The summed E-state index contributed by atoms with van der Waals surface area (Å²) in [6, 6.07) is 0. The maximum absolute atomic E-state index is 12.8. The highest BCUT2D eigenvalue weighted by molar-refractivity contribution is 6.01. The monoisotopic (exact) mass is 278 g/mol. The molecule has 4 nitrogen and oxygen atoms in total. The van der Waals surface area contributed by atoms with Crippen LogP contribution in [0.2, 0.25) is 0 Å². The van der Waals surface area contributed by atoms with Gasteiger partial charge >= 0.3 is 0 Å². The van der Waals surface area contributed by atoms with E-state index in [1.54, 1.807) is 0 Å². The van der Waals surface area contributed by atoms with Gasteiger partial charge in [-0.15, -0.1) is 0 Å². The Kier molecular flexibility index (Phi) is 2.23. The summed E-state index contributed by atoms with van der Waals surface area (Å²) in [5.41, 5.74) is 0.165. The second-order valence-electron chi connectivity index (χ2n) is 7.36. The van der Waals surface area contributed by atoms with Crippen LogP contribution in [-0.2, 0) is 14.3 Å². The molecule has 4 fully saturated rings. The van der Waals surface area contributed by atoms with Crippen molar-refractivity contribution in [1.82, 2.24) is 0 Å². The van der Waals surface area contributed by atoms with Crippen LogP contribution in [0, 0.1) is 16.2 Å². The molecule has 1 saturated heterocycles. The highest BCUT2D eigenvalue weighted by Crippen LogP contribution is 2.84. The Morgan fingerprint density at radius 3 is 2.50 bits per heavy atom. The van der Waals surface area contributed by atoms with Crippen LogP contribution in [0.3, 0.4) is 0 Å². The zero-order valence-electron chi connectivity index (χ0n) is 12.2. The summed E-state index contributed by atoms with van der Waals surface area (Å²) in [7, 11) is 0. The fourth-order valence-corrected chi connectivity index (χ4v) is 5.62. The van der Waals surface area contributed by atoms with Crippen LogP contribution in [0.5, 0.6) is 0 Å². The van der Waals surface area contributed by atoms with Crippen LogP contribution >= 0.6 is 0 Å². The third-order valence-corrected chi connectivity index (χ3v) is 6.96. The van der Waals surface area contributed by atoms with Crippen molar-refractivity contribution in [1.29, 1.82) is 0 Å². The molecule has 0 aromatic rings. The molecule has 1 N–H and O–H groups in total. The van der Waals surface area contributed by atoms with Crippen LogP contribution < -0.4 is 0 Å². The van der Waals surface area contributed by atoms with Crippen molar-refractivity contribution in [2.45, 2.75) is 51.7 Å². The summed E-state index contributed by atoms with van der Waals surface area (Å²) in [6.45, 7) is 5.65. The predicted octanol–water partition coefficient (Wildman–Crippen LogP) is 2.73. The summed E-state index contributed by atoms with van der Waals surface area (Å²) in [6.07, 6.45) is 5.22. The number of Topliss-reactive ketones (excluding diaryl/α,β-unsaturated/α-hetero) is 1. The molecular formula is C16H22O4. The van der Waals surface area contributed by atoms with Gasteiger partial charge in [0.2, 0.25) is 0 Å². The van der Waals surface area contributed by atoms with Gasteiger partial charge in [-0.05, 0) is 31.1 Å². The topological polar surface area (TPSA) is 55.8 Å². The summed E-state index contributed by atoms with van der Waals surface area (Å²) >= 11 is 0. The van der Waals surface area contributed by atoms with Crippen molar-refractivity contribution in [2.75, 3.05) is 13.2 Å². The van der Waals surface area contributed by atoms with E-state index in [9.17, 15) is 9.90 Å². The van der Waals surface area contributed by atoms with E-state index in [0.29, 0.717) is 25.2 Å². The lowest BCUT2D eigenvalue weighted by Gasteiger charge is -2.52. The van der Waals surface area contributed by atoms with Gasteiger partial charge in [0.15, 0.2) is 11.6 Å². The molecular weight excluding hydrogens is 256 g/mol. The number of carbonyl (C=O) groups excluding carboxylic acids is 1. The number of carbonyl (C=O) groups is 1. The predicted molar refractivity (Wildman–Crippen MR) is 72.1 cm³/mol. The lowest BCUT2D eigenvalue weighted by Crippen LogP contribution is -2.56. The van der Waals surface area contributed by atoms with Gasteiger partial charge in [0, 0.05) is 22.8 Å². The second kappa shape index (κ2) is 3.47. The lowest BCUT2D eigenvalue weighted by molar-refractivity contribution is -0.244. The Labute approximate surface area is 119 Å². The molecule has 3 atom stereocenters. The number of ketones is 1. The van der Waals surface area contributed by atoms with Gasteiger partial charge in [0.05, 0.1) is 19.5 Å². The first-order chi connectivity index (χ1) is 9.45. The van der Waals surface area contributed by atoms with Crippen LogP contribution in [0.4, 0.5) is 0 Å². The molecule has 3 saturated carbocycles. The van der Waals surface area contributed by atoms with Gasteiger partial charge in [-0.2, -0.15) is 0 Å². The Morgan fingerprint density at radius 1 is 1.15 bits per heavy atom. The Balaban J connectivity index is 1.79. The average Bonchev–Trinajstić information content (AvgIpc) is 2.85. The minimum atomic E-state index is -0.465. The quantitative estimate of drug-likeness (QED) is 0.547. The van der Waals surface area contributed by atoms with E-state index in [1.165, 1.54) is 0 Å². The molecule has 1 heterocycles. The normalized spacial score (nSPS) is 51.1. The third-order valence-electron chi connectivity index (χ3n) is 6.96. The van der Waals surface area contributed by atoms with Gasteiger partial charge < -0.3 is 14.6 Å². The zero-order chi connectivity index (χ0) is 14.2. The minimum Gasteiger partial charge on any atom is -0.515 e. The molecule has 20 heavy (non-hydrogen) atoms. The van der Waals surface area contributed by atoms with Crippen LogP contribution in [-0.4, -0.2) is 29.9 Å². The maximum atomic E-state index is 12.8. The summed E-state index contributed by atoms with van der Waals surface area (Å²) in [5, 5.41) is 9.30. The van der Waals surface area contributed by atoms with Crippen LogP contribution in [0.15, 0.2) is 11.8 Å². The van der Waals surface area contributed by atoms with E-state index in [2.05, 4.69) is 13.8 Å². The van der Waals surface area contributed by atoms with E-state index in [-0.39, 0.29) is 22.0 Å². The Bertz CT molecular complexity index is 519. The Morgan fingerprint density at radius 2 is 1.85 bits per heavy atom. The SMILES string of the molecule is CC12C[C@]13CC/C(=C\O)C(=O)[C@@]3(C)CCC21OCCO1. The van der Waals surface area contributed by atoms with Crippen molar-refractivity contribution in [2.24, 2.45) is 16.2 Å². The fraction of sp³-hybridized carbons (Fsp3) is 0.812. The summed E-state index contributed by atoms with van der Waals surface area (Å²) in [5.74, 6) is -0.324. The second-order valence-corrected chi connectivity index (χ2v) is 7.36. The first-order valence-corrected chi connectivity index (χ1v) is 7.61. The zero-order valence-corrected chi connectivity index (χ0v) is 12.2. The number of aliphatic hydroxyl groups is 1. The van der Waals surface area contributed by atoms with Gasteiger partial charge in [-0.3, -0.25) is 4.79 Å². The molecule has 4 rings (SSSR count). The molecule has 0 radical (unpaired) electrons. The van der Waals surface area contributed by atoms with E-state index in [1.807, 2.05) is 0 Å². The molecule has 1 unspecified atom stereocenters. The van der Waals surface area contributed by atoms with Crippen molar-refractivity contribution in [3.63, 3.8) is 0 Å². The van der Waals surface area contributed by atoms with Gasteiger partial charge in [0.1, 0.15) is 0 Å². The number of ether oxygens (including phenoxy) is 2. The number of hydrogen-bond acceptors (Lipinski definition) is 4. The molecule has 3 aliphatic carbocycles. The smallest absolute Gasteiger partial charge is 0.174 e. The number of aliphatic hydroxyl groups excluding tert-OH is 1. The molecule has 0 bridgehead atoms. The molecule has 110 valence electrons. The van der Waals surface area contributed by atoms with Crippen molar-refractivity contribution in [3.8, 4) is 0 Å².